The van der Waals surface area contributed by atoms with Crippen molar-refractivity contribution in [3.05, 3.63) is 28.1 Å². The van der Waals surface area contributed by atoms with Crippen molar-refractivity contribution < 1.29 is 18.8 Å². The summed E-state index contributed by atoms with van der Waals surface area (Å²) < 4.78 is 25.1. The van der Waals surface area contributed by atoms with Crippen LogP contribution in [0.4, 0.5) is 15.8 Å². The Bertz CT molecular complexity index is 684. The van der Waals surface area contributed by atoms with Gasteiger partial charge in [-0.15, -0.1) is 0 Å². The number of benzene rings is 1. The molecule has 2 fully saturated rings. The second-order valence-corrected chi connectivity index (χ2v) is 7.97. The Hall–Kier alpha value is -1.93. The van der Waals surface area contributed by atoms with E-state index in [9.17, 15) is 14.5 Å². The normalized spacial score (nSPS) is 24.4. The fourth-order valence-corrected chi connectivity index (χ4v) is 4.39. The fraction of sp³-hybridized carbons (Fsp3) is 0.700. The van der Waals surface area contributed by atoms with Crippen molar-refractivity contribution in [2.45, 2.75) is 45.3 Å². The number of rotatable bonds is 6. The van der Waals surface area contributed by atoms with Gasteiger partial charge in [0, 0.05) is 38.3 Å². The summed E-state index contributed by atoms with van der Waals surface area (Å²) in [5.41, 5.74) is -0.147. The first kappa shape index (κ1) is 20.8. The molecule has 0 radical (unpaired) electrons. The van der Waals surface area contributed by atoms with Gasteiger partial charge in [-0.05, 0) is 45.6 Å². The summed E-state index contributed by atoms with van der Waals surface area (Å²) in [6.07, 6.45) is 3.56. The van der Waals surface area contributed by atoms with Gasteiger partial charge in [-0.25, -0.2) is 0 Å². The highest BCUT2D eigenvalue weighted by molar-refractivity contribution is 5.66. The van der Waals surface area contributed by atoms with E-state index in [0.717, 1.165) is 45.0 Å². The number of nitro benzene ring substituents is 1. The van der Waals surface area contributed by atoms with Gasteiger partial charge < -0.3 is 14.4 Å². The number of morpholine rings is 1. The molecule has 0 saturated carbocycles. The minimum atomic E-state index is -0.850. The largest absolute Gasteiger partial charge is 0.497 e. The van der Waals surface area contributed by atoms with E-state index in [0.29, 0.717) is 30.4 Å². The molecular formula is C20H30FN3O4. The number of nitro groups is 1. The fourth-order valence-electron chi connectivity index (χ4n) is 4.39. The first-order valence-electron chi connectivity index (χ1n) is 10.0. The maximum absolute atomic E-state index is 14.2. The molecule has 2 aliphatic rings. The third kappa shape index (κ3) is 4.91. The molecular weight excluding hydrogens is 365 g/mol. The van der Waals surface area contributed by atoms with Crippen molar-refractivity contribution in [3.63, 3.8) is 0 Å². The summed E-state index contributed by atoms with van der Waals surface area (Å²) in [5.74, 6) is 0.0343. The summed E-state index contributed by atoms with van der Waals surface area (Å²) in [5, 5.41) is 11.4. The molecule has 0 spiro atoms. The van der Waals surface area contributed by atoms with Crippen LogP contribution >= 0.6 is 0 Å². The molecule has 156 valence electrons. The second-order valence-electron chi connectivity index (χ2n) is 7.97. The molecule has 1 aromatic carbocycles. The molecule has 2 saturated heterocycles. The molecule has 2 atom stereocenters. The van der Waals surface area contributed by atoms with E-state index >= 15 is 0 Å². The van der Waals surface area contributed by atoms with E-state index in [2.05, 4.69) is 18.7 Å². The molecule has 0 aliphatic carbocycles. The zero-order chi connectivity index (χ0) is 20.3. The quantitative estimate of drug-likeness (QED) is 0.543. The topological polar surface area (TPSA) is 68.1 Å². The number of anilines is 1. The van der Waals surface area contributed by atoms with E-state index in [1.165, 1.54) is 7.11 Å². The lowest BCUT2D eigenvalue weighted by molar-refractivity contribution is -0.386. The number of methoxy groups -OCH3 is 1. The van der Waals surface area contributed by atoms with Crippen LogP contribution in [0.3, 0.4) is 0 Å². The Labute approximate surface area is 165 Å². The maximum Gasteiger partial charge on any atom is 0.328 e. The molecule has 2 heterocycles. The zero-order valence-corrected chi connectivity index (χ0v) is 16.9. The number of nitrogens with zero attached hydrogens (tertiary/aromatic N) is 3. The minimum absolute atomic E-state index is 0.272. The van der Waals surface area contributed by atoms with Crippen LogP contribution in [0.15, 0.2) is 12.1 Å². The summed E-state index contributed by atoms with van der Waals surface area (Å²) in [6.45, 7) is 8.60. The van der Waals surface area contributed by atoms with Gasteiger partial charge in [-0.2, -0.15) is 4.39 Å². The van der Waals surface area contributed by atoms with Crippen LogP contribution in [-0.4, -0.2) is 61.9 Å². The number of piperidine rings is 1. The van der Waals surface area contributed by atoms with Crippen LogP contribution in [0.2, 0.25) is 0 Å². The highest BCUT2D eigenvalue weighted by atomic mass is 19.1. The lowest BCUT2D eigenvalue weighted by Crippen LogP contribution is -2.46. The number of hydrogen-bond acceptors (Lipinski definition) is 6. The molecule has 0 amide bonds. The Morgan fingerprint density at radius 2 is 1.89 bits per heavy atom. The molecule has 28 heavy (non-hydrogen) atoms. The lowest BCUT2D eigenvalue weighted by atomic mass is 9.92. The van der Waals surface area contributed by atoms with Crippen LogP contribution in [0.1, 0.15) is 33.1 Å². The minimum Gasteiger partial charge on any atom is -0.497 e. The van der Waals surface area contributed by atoms with Gasteiger partial charge in [0.05, 0.1) is 24.2 Å². The van der Waals surface area contributed by atoms with E-state index in [1.54, 1.807) is 6.07 Å². The van der Waals surface area contributed by atoms with Crippen LogP contribution in [0, 0.1) is 21.8 Å². The highest BCUT2D eigenvalue weighted by Gasteiger charge is 2.29. The molecule has 0 bridgehead atoms. The van der Waals surface area contributed by atoms with E-state index in [-0.39, 0.29) is 12.2 Å². The third-order valence-electron chi connectivity index (χ3n) is 5.74. The van der Waals surface area contributed by atoms with E-state index in [1.807, 2.05) is 4.90 Å². The van der Waals surface area contributed by atoms with E-state index in [4.69, 9.17) is 9.47 Å². The van der Waals surface area contributed by atoms with Gasteiger partial charge in [0.1, 0.15) is 11.4 Å². The molecule has 2 aliphatic heterocycles. The van der Waals surface area contributed by atoms with Crippen molar-refractivity contribution in [1.82, 2.24) is 4.90 Å². The Kier molecular flexibility index (Phi) is 6.72. The van der Waals surface area contributed by atoms with Gasteiger partial charge in [-0.3, -0.25) is 15.0 Å². The van der Waals surface area contributed by atoms with Crippen molar-refractivity contribution in [2.24, 2.45) is 5.92 Å². The highest BCUT2D eigenvalue weighted by Crippen LogP contribution is 2.37. The third-order valence-corrected chi connectivity index (χ3v) is 5.74. The van der Waals surface area contributed by atoms with Crippen molar-refractivity contribution in [3.8, 4) is 5.75 Å². The average molecular weight is 395 g/mol. The van der Waals surface area contributed by atoms with Crippen molar-refractivity contribution in [2.75, 3.05) is 44.7 Å². The molecule has 8 heteroatoms. The van der Waals surface area contributed by atoms with Gasteiger partial charge in [0.2, 0.25) is 5.82 Å². The molecule has 3 rings (SSSR count). The van der Waals surface area contributed by atoms with Gasteiger partial charge in [0.15, 0.2) is 0 Å². The SMILES string of the molecule is COc1cc(F)c([N+](=O)[O-])c(N2CCC(CCN3CC(C)OC(C)C3)CC2)c1. The summed E-state index contributed by atoms with van der Waals surface area (Å²) in [4.78, 5) is 15.1. The summed E-state index contributed by atoms with van der Waals surface area (Å²) in [6, 6.07) is 2.64. The molecule has 7 nitrogen and oxygen atoms in total. The smallest absolute Gasteiger partial charge is 0.328 e. The second kappa shape index (κ2) is 9.05. The van der Waals surface area contributed by atoms with E-state index < -0.39 is 16.4 Å². The average Bonchev–Trinajstić information content (AvgIpc) is 2.65. The number of halogens is 1. The predicted molar refractivity (Wildman–Crippen MR) is 106 cm³/mol. The molecule has 0 aromatic heterocycles. The van der Waals surface area contributed by atoms with Gasteiger partial charge >= 0.3 is 5.69 Å². The zero-order valence-electron chi connectivity index (χ0n) is 16.9. The lowest BCUT2D eigenvalue weighted by Gasteiger charge is -2.37. The van der Waals surface area contributed by atoms with Crippen LogP contribution in [-0.2, 0) is 4.74 Å². The molecule has 0 N–H and O–H groups in total. The van der Waals surface area contributed by atoms with Crippen molar-refractivity contribution in [1.29, 1.82) is 0 Å². The molecule has 2 unspecified atom stereocenters. The van der Waals surface area contributed by atoms with Gasteiger partial charge in [0.25, 0.3) is 0 Å². The summed E-state index contributed by atoms with van der Waals surface area (Å²) in [7, 11) is 1.43. The van der Waals surface area contributed by atoms with Crippen LogP contribution in [0.25, 0.3) is 0 Å². The standard InChI is InChI=1S/C20H30FN3O4/c1-14-12-22(13-15(2)28-14)7-4-16-5-8-23(9-6-16)19-11-17(27-3)10-18(21)20(19)24(25)26/h10-11,14-16H,4-9,12-13H2,1-3H3. The first-order valence-corrected chi connectivity index (χ1v) is 10.0. The summed E-state index contributed by atoms with van der Waals surface area (Å²) >= 11 is 0. The predicted octanol–water partition coefficient (Wildman–Crippen LogP) is 3.46. The van der Waals surface area contributed by atoms with Crippen LogP contribution < -0.4 is 9.64 Å². The van der Waals surface area contributed by atoms with Crippen LogP contribution in [0.5, 0.6) is 5.75 Å². The Morgan fingerprint density at radius 3 is 2.46 bits per heavy atom. The Morgan fingerprint density at radius 1 is 1.25 bits per heavy atom. The molecule has 1 aromatic rings. The number of hydrogen-bond donors (Lipinski definition) is 0. The first-order chi connectivity index (χ1) is 13.4. The maximum atomic E-state index is 14.2. The van der Waals surface area contributed by atoms with Crippen molar-refractivity contribution >= 4 is 11.4 Å². The Balaban J connectivity index is 1.58. The monoisotopic (exact) mass is 395 g/mol. The van der Waals surface area contributed by atoms with Gasteiger partial charge in [-0.1, -0.05) is 0 Å². The number of ether oxygens (including phenoxy) is 2.